The van der Waals surface area contributed by atoms with Crippen molar-refractivity contribution in [1.29, 1.82) is 0 Å². The average molecular weight is 316 g/mol. The highest BCUT2D eigenvalue weighted by Crippen LogP contribution is 2.24. The van der Waals surface area contributed by atoms with Crippen molar-refractivity contribution in [2.75, 3.05) is 13.2 Å². The minimum Gasteiger partial charge on any atom is -0.508 e. The molecule has 1 fully saturated rings. The van der Waals surface area contributed by atoms with E-state index in [1.54, 1.807) is 0 Å². The van der Waals surface area contributed by atoms with Crippen LogP contribution in [0.15, 0.2) is 24.3 Å². The second-order valence-electron chi connectivity index (χ2n) is 5.14. The lowest BCUT2D eigenvalue weighted by Gasteiger charge is -2.39. The lowest BCUT2D eigenvalue weighted by atomic mass is 9.99. The van der Waals surface area contributed by atoms with Gasteiger partial charge in [-0.2, -0.15) is 0 Å². The van der Waals surface area contributed by atoms with Crippen molar-refractivity contribution in [3.8, 4) is 5.75 Å². The zero-order chi connectivity index (χ0) is 16.3. The van der Waals surface area contributed by atoms with Crippen molar-refractivity contribution < 1.29 is 40.1 Å². The molecule has 6 atom stereocenters. The first-order chi connectivity index (χ1) is 10.4. The minimum atomic E-state index is -1.53. The molecule has 0 bridgehead atoms. The van der Waals surface area contributed by atoms with Crippen LogP contribution in [-0.2, 0) is 9.47 Å². The number of hydrogen-bond acceptors (Lipinski definition) is 8. The third-order valence-electron chi connectivity index (χ3n) is 3.54. The fourth-order valence-corrected chi connectivity index (χ4v) is 2.18. The Morgan fingerprint density at radius 2 is 1.68 bits per heavy atom. The summed E-state index contributed by atoms with van der Waals surface area (Å²) in [5.74, 6) is 0.0609. The Morgan fingerprint density at radius 1 is 1.05 bits per heavy atom. The Balaban J connectivity index is 1.93. The van der Waals surface area contributed by atoms with Crippen molar-refractivity contribution in [2.45, 2.75) is 36.8 Å². The summed E-state index contributed by atoms with van der Waals surface area (Å²) in [5, 5.41) is 57.2. The number of rotatable bonds is 5. The lowest BCUT2D eigenvalue weighted by Crippen LogP contribution is -2.59. The van der Waals surface area contributed by atoms with E-state index < -0.39 is 43.4 Å². The molecule has 2 rings (SSSR count). The van der Waals surface area contributed by atoms with Crippen LogP contribution in [0.25, 0.3) is 0 Å². The summed E-state index contributed by atoms with van der Waals surface area (Å²) in [4.78, 5) is 0. The maximum atomic E-state index is 9.96. The van der Waals surface area contributed by atoms with Gasteiger partial charge in [0.25, 0.3) is 0 Å². The summed E-state index contributed by atoms with van der Waals surface area (Å²) in [6, 6.07) is 5.84. The average Bonchev–Trinajstić information content (AvgIpc) is 2.52. The van der Waals surface area contributed by atoms with Crippen LogP contribution in [0.5, 0.6) is 5.75 Å². The van der Waals surface area contributed by atoms with Gasteiger partial charge in [-0.05, 0) is 17.7 Å². The molecular formula is C14H20O8. The number of aliphatic hydroxyl groups is 5. The van der Waals surface area contributed by atoms with Crippen LogP contribution in [0, 0.1) is 0 Å². The van der Waals surface area contributed by atoms with Crippen molar-refractivity contribution in [1.82, 2.24) is 0 Å². The highest BCUT2D eigenvalue weighted by Gasteiger charge is 2.44. The van der Waals surface area contributed by atoms with Crippen molar-refractivity contribution in [3.63, 3.8) is 0 Å². The molecule has 8 nitrogen and oxygen atoms in total. The van der Waals surface area contributed by atoms with Gasteiger partial charge in [-0.15, -0.1) is 0 Å². The molecule has 1 aromatic rings. The summed E-state index contributed by atoms with van der Waals surface area (Å²) in [5.41, 5.74) is 0.488. The Labute approximate surface area is 126 Å². The summed E-state index contributed by atoms with van der Waals surface area (Å²) >= 11 is 0. The second-order valence-corrected chi connectivity index (χ2v) is 5.14. The van der Waals surface area contributed by atoms with Crippen molar-refractivity contribution >= 4 is 0 Å². The minimum absolute atomic E-state index is 0.0609. The molecule has 1 aliphatic rings. The summed E-state index contributed by atoms with van der Waals surface area (Å²) < 4.78 is 10.4. The number of phenolic OH excluding ortho intramolecular Hbond substituents is 1. The first-order valence-corrected chi connectivity index (χ1v) is 6.83. The quantitative estimate of drug-likeness (QED) is 0.375. The fourth-order valence-electron chi connectivity index (χ4n) is 2.18. The number of benzene rings is 1. The van der Waals surface area contributed by atoms with E-state index in [1.807, 2.05) is 0 Å². The Morgan fingerprint density at radius 3 is 2.27 bits per heavy atom. The van der Waals surface area contributed by atoms with Gasteiger partial charge in [-0.3, -0.25) is 0 Å². The van der Waals surface area contributed by atoms with Gasteiger partial charge in [0.05, 0.1) is 13.2 Å². The molecule has 22 heavy (non-hydrogen) atoms. The Hall–Kier alpha value is -1.26. The van der Waals surface area contributed by atoms with Gasteiger partial charge in [0, 0.05) is 0 Å². The van der Waals surface area contributed by atoms with E-state index >= 15 is 0 Å². The van der Waals surface area contributed by atoms with Gasteiger partial charge in [-0.1, -0.05) is 12.1 Å². The number of hydrogen-bond donors (Lipinski definition) is 6. The first kappa shape index (κ1) is 17.1. The van der Waals surface area contributed by atoms with Crippen LogP contribution in [-0.4, -0.2) is 74.6 Å². The van der Waals surface area contributed by atoms with E-state index in [4.69, 9.17) is 14.6 Å². The third-order valence-corrected chi connectivity index (χ3v) is 3.54. The molecule has 0 amide bonds. The van der Waals surface area contributed by atoms with E-state index in [0.29, 0.717) is 5.56 Å². The molecule has 0 radical (unpaired) electrons. The highest BCUT2D eigenvalue weighted by molar-refractivity contribution is 5.27. The maximum absolute atomic E-state index is 9.96. The topological polar surface area (TPSA) is 140 Å². The Bertz CT molecular complexity index is 462. The van der Waals surface area contributed by atoms with E-state index in [-0.39, 0.29) is 12.4 Å². The second kappa shape index (κ2) is 7.34. The van der Waals surface area contributed by atoms with E-state index in [2.05, 4.69) is 0 Å². The molecule has 0 aromatic heterocycles. The summed E-state index contributed by atoms with van der Waals surface area (Å²) in [6.07, 6.45) is -7.88. The molecule has 8 heteroatoms. The molecule has 0 aliphatic carbocycles. The van der Waals surface area contributed by atoms with Gasteiger partial charge in [0.1, 0.15) is 36.3 Å². The molecule has 0 saturated carbocycles. The van der Waals surface area contributed by atoms with E-state index in [0.717, 1.165) is 0 Å². The monoisotopic (exact) mass is 316 g/mol. The van der Waals surface area contributed by atoms with Gasteiger partial charge in [0.2, 0.25) is 0 Å². The van der Waals surface area contributed by atoms with Crippen LogP contribution >= 0.6 is 0 Å². The van der Waals surface area contributed by atoms with Crippen LogP contribution in [0.3, 0.4) is 0 Å². The normalized spacial score (nSPS) is 33.6. The predicted octanol–water partition coefficient (Wildman–Crippen LogP) is -1.76. The van der Waals surface area contributed by atoms with E-state index in [1.165, 1.54) is 24.3 Å². The molecule has 1 aliphatic heterocycles. The number of ether oxygens (including phenoxy) is 2. The van der Waals surface area contributed by atoms with Crippen molar-refractivity contribution in [3.05, 3.63) is 29.8 Å². The molecule has 1 unspecified atom stereocenters. The van der Waals surface area contributed by atoms with Crippen LogP contribution in [0.1, 0.15) is 11.7 Å². The van der Waals surface area contributed by atoms with Crippen LogP contribution in [0.2, 0.25) is 0 Å². The summed E-state index contributed by atoms with van der Waals surface area (Å²) in [7, 11) is 0. The zero-order valence-corrected chi connectivity index (χ0v) is 11.7. The fraction of sp³-hybridized carbons (Fsp3) is 0.571. The third kappa shape index (κ3) is 3.73. The van der Waals surface area contributed by atoms with Gasteiger partial charge in [0.15, 0.2) is 6.29 Å². The molecule has 124 valence electrons. The SMILES string of the molecule is OC[C@H]1O[C@@H](OCC(O)c2ccc(O)cc2)[C@H](O)[C@@H](O)[C@@H]1O. The highest BCUT2D eigenvalue weighted by atomic mass is 16.7. The molecule has 1 aromatic carbocycles. The summed E-state index contributed by atoms with van der Waals surface area (Å²) in [6.45, 7) is -0.793. The van der Waals surface area contributed by atoms with Crippen LogP contribution < -0.4 is 0 Å². The first-order valence-electron chi connectivity index (χ1n) is 6.83. The van der Waals surface area contributed by atoms with E-state index in [9.17, 15) is 25.5 Å². The standard InChI is InChI=1S/C14H20O8/c15-5-10-11(18)12(19)13(20)14(22-10)21-6-9(17)7-1-3-8(16)4-2-7/h1-4,9-20H,5-6H2/t9?,10-,11-,12+,13-,14-/m1/s1. The predicted molar refractivity (Wildman–Crippen MR) is 72.8 cm³/mol. The van der Waals surface area contributed by atoms with Crippen molar-refractivity contribution in [2.24, 2.45) is 0 Å². The molecule has 6 N–H and O–H groups in total. The zero-order valence-electron chi connectivity index (χ0n) is 11.7. The largest absolute Gasteiger partial charge is 0.508 e. The number of aromatic hydroxyl groups is 1. The number of aliphatic hydroxyl groups excluding tert-OH is 5. The smallest absolute Gasteiger partial charge is 0.186 e. The molecule has 1 saturated heterocycles. The molecule has 1 heterocycles. The molecule has 0 spiro atoms. The Kier molecular flexibility index (Phi) is 5.70. The van der Waals surface area contributed by atoms with Gasteiger partial charge >= 0.3 is 0 Å². The maximum Gasteiger partial charge on any atom is 0.186 e. The van der Waals surface area contributed by atoms with Gasteiger partial charge < -0.3 is 40.1 Å². The van der Waals surface area contributed by atoms with Gasteiger partial charge in [-0.25, -0.2) is 0 Å². The van der Waals surface area contributed by atoms with Crippen LogP contribution in [0.4, 0.5) is 0 Å². The molecular weight excluding hydrogens is 296 g/mol. The lowest BCUT2D eigenvalue weighted by molar-refractivity contribution is -0.304. The number of phenols is 1.